The molecule has 2 aromatic carbocycles. The van der Waals surface area contributed by atoms with E-state index in [0.717, 1.165) is 5.75 Å². The van der Waals surface area contributed by atoms with Gasteiger partial charge in [-0.3, -0.25) is 14.5 Å². The summed E-state index contributed by atoms with van der Waals surface area (Å²) in [5.41, 5.74) is 1.31. The zero-order valence-electron chi connectivity index (χ0n) is 18.0. The van der Waals surface area contributed by atoms with E-state index < -0.39 is 5.25 Å². The number of ether oxygens (including phenoxy) is 2. The van der Waals surface area contributed by atoms with Crippen molar-refractivity contribution in [2.45, 2.75) is 25.0 Å². The maximum Gasteiger partial charge on any atom is 0.242 e. The number of nitrogens with one attached hydrogen (secondary N) is 1. The molecule has 2 amide bonds. The number of rotatable bonds is 10. The maximum absolute atomic E-state index is 13.0. The van der Waals surface area contributed by atoms with Gasteiger partial charge in [0.1, 0.15) is 11.0 Å². The topological polar surface area (TPSA) is 80.2 Å². The SMILES string of the molecule is CCOc1ccc(N=C2SC(CC(=O)Nc3cccc(Cl)c3)C(=O)N2CCCOC)cc1. The molecule has 0 saturated carbocycles. The lowest BCUT2D eigenvalue weighted by atomic mass is 10.2. The van der Waals surface area contributed by atoms with Crippen LogP contribution in [0.25, 0.3) is 0 Å². The Hall–Kier alpha value is -2.55. The molecule has 1 saturated heterocycles. The van der Waals surface area contributed by atoms with Crippen LogP contribution in [0.5, 0.6) is 5.75 Å². The lowest BCUT2D eigenvalue weighted by Crippen LogP contribution is -2.34. The van der Waals surface area contributed by atoms with E-state index in [0.29, 0.717) is 47.7 Å². The minimum atomic E-state index is -0.543. The van der Waals surface area contributed by atoms with Gasteiger partial charge < -0.3 is 14.8 Å². The predicted octanol–water partition coefficient (Wildman–Crippen LogP) is 4.74. The summed E-state index contributed by atoms with van der Waals surface area (Å²) >= 11 is 7.28. The van der Waals surface area contributed by atoms with Crippen molar-refractivity contribution in [2.24, 2.45) is 4.99 Å². The molecular weight excluding hydrogens is 450 g/mol. The smallest absolute Gasteiger partial charge is 0.242 e. The molecule has 1 atom stereocenters. The number of hydrogen-bond donors (Lipinski definition) is 1. The molecule has 3 rings (SSSR count). The molecular formula is C23H26ClN3O4S. The fourth-order valence-corrected chi connectivity index (χ4v) is 4.51. The quantitative estimate of drug-likeness (QED) is 0.502. The fraction of sp³-hybridized carbons (Fsp3) is 0.348. The van der Waals surface area contributed by atoms with Crippen LogP contribution in [0.1, 0.15) is 19.8 Å². The highest BCUT2D eigenvalue weighted by Gasteiger charge is 2.38. The molecule has 170 valence electrons. The van der Waals surface area contributed by atoms with E-state index in [9.17, 15) is 9.59 Å². The monoisotopic (exact) mass is 475 g/mol. The largest absolute Gasteiger partial charge is 0.494 e. The Balaban J connectivity index is 1.72. The highest BCUT2D eigenvalue weighted by molar-refractivity contribution is 8.15. The normalized spacial score (nSPS) is 17.1. The third-order valence-electron chi connectivity index (χ3n) is 4.60. The van der Waals surface area contributed by atoms with Crippen molar-refractivity contribution in [3.05, 3.63) is 53.6 Å². The van der Waals surface area contributed by atoms with Gasteiger partial charge in [-0.1, -0.05) is 29.4 Å². The summed E-state index contributed by atoms with van der Waals surface area (Å²) in [6.45, 7) is 3.52. The van der Waals surface area contributed by atoms with Gasteiger partial charge in [0.15, 0.2) is 5.17 Å². The van der Waals surface area contributed by atoms with Gasteiger partial charge in [0.25, 0.3) is 0 Å². The number of benzene rings is 2. The van der Waals surface area contributed by atoms with Gasteiger partial charge in [-0.2, -0.15) is 0 Å². The average Bonchev–Trinajstić information content (AvgIpc) is 3.04. The Morgan fingerprint density at radius 3 is 2.72 bits per heavy atom. The number of nitrogens with zero attached hydrogens (tertiary/aromatic N) is 2. The second-order valence-electron chi connectivity index (χ2n) is 7.03. The molecule has 0 spiro atoms. The van der Waals surface area contributed by atoms with Crippen molar-refractivity contribution < 1.29 is 19.1 Å². The third-order valence-corrected chi connectivity index (χ3v) is 6.01. The first-order chi connectivity index (χ1) is 15.5. The van der Waals surface area contributed by atoms with Crippen LogP contribution in [0.2, 0.25) is 5.02 Å². The Morgan fingerprint density at radius 1 is 1.25 bits per heavy atom. The minimum Gasteiger partial charge on any atom is -0.494 e. The second-order valence-corrected chi connectivity index (χ2v) is 8.63. The van der Waals surface area contributed by atoms with Crippen LogP contribution in [0.15, 0.2) is 53.5 Å². The lowest BCUT2D eigenvalue weighted by molar-refractivity contribution is -0.128. The van der Waals surface area contributed by atoms with Crippen LogP contribution in [-0.2, 0) is 14.3 Å². The van der Waals surface area contributed by atoms with Crippen LogP contribution in [-0.4, -0.2) is 54.0 Å². The molecule has 2 aromatic rings. The molecule has 0 radical (unpaired) electrons. The molecule has 0 aromatic heterocycles. The number of thioether (sulfide) groups is 1. The van der Waals surface area contributed by atoms with Crippen molar-refractivity contribution >= 4 is 51.7 Å². The Labute approximate surface area is 197 Å². The summed E-state index contributed by atoms with van der Waals surface area (Å²) in [7, 11) is 1.62. The molecule has 1 aliphatic heterocycles. The van der Waals surface area contributed by atoms with E-state index >= 15 is 0 Å². The first-order valence-corrected chi connectivity index (χ1v) is 11.6. The zero-order chi connectivity index (χ0) is 22.9. The van der Waals surface area contributed by atoms with Crippen molar-refractivity contribution in [2.75, 3.05) is 32.2 Å². The Bertz CT molecular complexity index is 968. The number of halogens is 1. The Morgan fingerprint density at radius 2 is 2.03 bits per heavy atom. The summed E-state index contributed by atoms with van der Waals surface area (Å²) in [6.07, 6.45) is 0.714. The number of carbonyl (C=O) groups is 2. The molecule has 1 heterocycles. The van der Waals surface area contributed by atoms with Crippen LogP contribution < -0.4 is 10.1 Å². The fourth-order valence-electron chi connectivity index (χ4n) is 3.14. The van der Waals surface area contributed by atoms with E-state index in [1.54, 1.807) is 36.3 Å². The standard InChI is InChI=1S/C23H26ClN3O4S/c1-3-31-19-10-8-17(9-11-19)26-23-27(12-5-13-30-2)22(29)20(32-23)15-21(28)25-18-7-4-6-16(24)14-18/h4,6-11,14,20H,3,5,12-13,15H2,1-2H3,(H,25,28). The van der Waals surface area contributed by atoms with Crippen LogP contribution in [0.3, 0.4) is 0 Å². The number of methoxy groups -OCH3 is 1. The van der Waals surface area contributed by atoms with Crippen LogP contribution >= 0.6 is 23.4 Å². The van der Waals surface area contributed by atoms with Gasteiger partial charge in [-0.05, 0) is 55.8 Å². The van der Waals surface area contributed by atoms with Gasteiger partial charge in [0.05, 0.1) is 12.3 Å². The first-order valence-electron chi connectivity index (χ1n) is 10.3. The predicted molar refractivity (Wildman–Crippen MR) is 129 cm³/mol. The molecule has 9 heteroatoms. The highest BCUT2D eigenvalue weighted by atomic mass is 35.5. The molecule has 0 bridgehead atoms. The van der Waals surface area contributed by atoms with E-state index in [1.165, 1.54) is 11.8 Å². The van der Waals surface area contributed by atoms with Gasteiger partial charge in [-0.25, -0.2) is 4.99 Å². The van der Waals surface area contributed by atoms with E-state index in [4.69, 9.17) is 21.1 Å². The second kappa shape index (κ2) is 11.9. The van der Waals surface area contributed by atoms with Crippen molar-refractivity contribution in [1.82, 2.24) is 4.90 Å². The number of amides is 2. The van der Waals surface area contributed by atoms with Crippen molar-refractivity contribution in [1.29, 1.82) is 0 Å². The maximum atomic E-state index is 13.0. The highest BCUT2D eigenvalue weighted by Crippen LogP contribution is 2.32. The summed E-state index contributed by atoms with van der Waals surface area (Å²) in [4.78, 5) is 31.9. The van der Waals surface area contributed by atoms with E-state index in [1.807, 2.05) is 31.2 Å². The molecule has 1 unspecified atom stereocenters. The summed E-state index contributed by atoms with van der Waals surface area (Å²) in [5.74, 6) is 0.383. The Kier molecular flexibility index (Phi) is 8.96. The third kappa shape index (κ3) is 6.72. The van der Waals surface area contributed by atoms with Crippen LogP contribution in [0, 0.1) is 0 Å². The van der Waals surface area contributed by atoms with E-state index in [2.05, 4.69) is 10.3 Å². The number of carbonyl (C=O) groups excluding carboxylic acids is 2. The van der Waals surface area contributed by atoms with Gasteiger partial charge >= 0.3 is 0 Å². The molecule has 1 N–H and O–H groups in total. The first kappa shape index (κ1) is 24.1. The number of hydrogen-bond acceptors (Lipinski definition) is 6. The molecule has 1 fully saturated rings. The number of anilines is 1. The minimum absolute atomic E-state index is 0.0408. The molecule has 0 aliphatic carbocycles. The molecule has 32 heavy (non-hydrogen) atoms. The molecule has 7 nitrogen and oxygen atoms in total. The summed E-state index contributed by atoms with van der Waals surface area (Å²) < 4.78 is 10.6. The zero-order valence-corrected chi connectivity index (χ0v) is 19.6. The average molecular weight is 476 g/mol. The number of aliphatic imine (C=N–C) groups is 1. The van der Waals surface area contributed by atoms with E-state index in [-0.39, 0.29) is 18.2 Å². The van der Waals surface area contributed by atoms with Crippen LogP contribution in [0.4, 0.5) is 11.4 Å². The van der Waals surface area contributed by atoms with Gasteiger partial charge in [-0.15, -0.1) is 0 Å². The van der Waals surface area contributed by atoms with Crippen molar-refractivity contribution in [3.63, 3.8) is 0 Å². The summed E-state index contributed by atoms with van der Waals surface area (Å²) in [5, 5.41) is 3.37. The van der Waals surface area contributed by atoms with Crippen molar-refractivity contribution in [3.8, 4) is 5.75 Å². The summed E-state index contributed by atoms with van der Waals surface area (Å²) in [6, 6.07) is 14.3. The lowest BCUT2D eigenvalue weighted by Gasteiger charge is -2.16. The number of amidine groups is 1. The van der Waals surface area contributed by atoms with Gasteiger partial charge in [0, 0.05) is 37.4 Å². The molecule has 1 aliphatic rings. The van der Waals surface area contributed by atoms with Gasteiger partial charge in [0.2, 0.25) is 11.8 Å².